The summed E-state index contributed by atoms with van der Waals surface area (Å²) in [5.74, 6) is -6.25. The lowest BCUT2D eigenvalue weighted by atomic mass is 10.0. The number of anilines is 1. The number of aliphatic carboxylic acids is 2. The maximum Gasteiger partial charge on any atom is 0.427 e. The second-order valence-electron chi connectivity index (χ2n) is 11.9. The minimum Gasteiger partial charge on any atom is -0.478 e. The number of rotatable bonds is 13. The van der Waals surface area contributed by atoms with Gasteiger partial charge in [-0.2, -0.15) is 5.01 Å². The zero-order chi connectivity index (χ0) is 41.3. The molecule has 0 aliphatic carbocycles. The first kappa shape index (κ1) is 40.2. The van der Waals surface area contributed by atoms with Crippen LogP contribution in [0.3, 0.4) is 0 Å². The Morgan fingerprint density at radius 2 is 1.84 bits per heavy atom. The lowest BCUT2D eigenvalue weighted by molar-refractivity contribution is -0.151. The molecule has 298 valence electrons. The van der Waals surface area contributed by atoms with Crippen molar-refractivity contribution < 1.29 is 63.2 Å². The Kier molecular flexibility index (Phi) is 11.5. The van der Waals surface area contributed by atoms with Gasteiger partial charge in [-0.05, 0) is 30.7 Å². The highest BCUT2D eigenvalue weighted by atomic mass is 32.2. The van der Waals surface area contributed by atoms with Crippen molar-refractivity contribution in [3.05, 3.63) is 69.2 Å². The number of nitrogens with one attached hydrogen (secondary N) is 2. The SMILES string of the molecule is CC(=O)Oc1ccc(C(O/N=C(\C(=O)N[C@@H]2C(=O)N3C(C(=O)O)=C(CSC4=CC(C)=NC5=CN(C(=O)O)NN54)CS[C@H]23)c2csc(N)n2)C(=O)O)cc1OC(C)=O. The molecule has 0 bridgehead atoms. The summed E-state index contributed by atoms with van der Waals surface area (Å²) >= 11 is 3.30. The van der Waals surface area contributed by atoms with Crippen LogP contribution in [0.5, 0.6) is 11.5 Å². The number of oxime groups is 1. The summed E-state index contributed by atoms with van der Waals surface area (Å²) in [7, 11) is 0. The van der Waals surface area contributed by atoms with Crippen LogP contribution >= 0.6 is 34.9 Å². The van der Waals surface area contributed by atoms with Crippen molar-refractivity contribution in [3.8, 4) is 11.5 Å². The Bertz CT molecular complexity index is 2270. The maximum atomic E-state index is 13.7. The molecular weight excluding hydrogens is 815 g/mol. The average molecular weight is 844 g/mol. The van der Waals surface area contributed by atoms with Crippen LogP contribution < -0.4 is 26.1 Å². The number of nitrogens with two attached hydrogens (primary N) is 1. The van der Waals surface area contributed by atoms with E-state index in [0.717, 1.165) is 41.2 Å². The summed E-state index contributed by atoms with van der Waals surface area (Å²) in [5.41, 5.74) is 8.28. The number of ether oxygens (including phenoxy) is 2. The molecule has 1 fully saturated rings. The van der Waals surface area contributed by atoms with Gasteiger partial charge in [-0.25, -0.2) is 29.4 Å². The van der Waals surface area contributed by atoms with Crippen molar-refractivity contribution in [3.63, 3.8) is 0 Å². The molecule has 6 rings (SSSR count). The smallest absolute Gasteiger partial charge is 0.427 e. The van der Waals surface area contributed by atoms with E-state index in [-0.39, 0.29) is 45.1 Å². The van der Waals surface area contributed by atoms with Gasteiger partial charge in [0.2, 0.25) is 6.10 Å². The second kappa shape index (κ2) is 16.3. The third-order valence-corrected chi connectivity index (χ3v) is 11.0. The molecule has 3 amide bonds. The highest BCUT2D eigenvalue weighted by Crippen LogP contribution is 2.42. The van der Waals surface area contributed by atoms with Crippen LogP contribution in [-0.2, 0) is 33.6 Å². The molecule has 25 heteroatoms. The number of β-lactam (4-membered cyclic amide) rings is 1. The normalized spacial score (nSPS) is 19.3. The number of carbonyl (C=O) groups is 7. The number of hydrogen-bond acceptors (Lipinski definition) is 19. The first-order chi connectivity index (χ1) is 27.0. The van der Waals surface area contributed by atoms with Crippen LogP contribution in [0.25, 0.3) is 0 Å². The summed E-state index contributed by atoms with van der Waals surface area (Å²) in [6, 6.07) is 2.20. The lowest BCUT2D eigenvalue weighted by Crippen LogP contribution is -2.71. The third-order valence-electron chi connectivity index (χ3n) is 7.89. The first-order valence-corrected chi connectivity index (χ1v) is 19.0. The zero-order valence-corrected chi connectivity index (χ0v) is 32.0. The fraction of sp³-hybridized carbons (Fsp3) is 0.250. The van der Waals surface area contributed by atoms with E-state index in [0.29, 0.717) is 22.1 Å². The molecule has 1 saturated heterocycles. The number of allylic oxidation sites excluding steroid dienone is 1. The topological polar surface area (TPSA) is 305 Å². The van der Waals surface area contributed by atoms with Gasteiger partial charge in [-0.3, -0.25) is 24.1 Å². The summed E-state index contributed by atoms with van der Waals surface area (Å²) in [4.78, 5) is 102. The fourth-order valence-corrected chi connectivity index (χ4v) is 8.65. The van der Waals surface area contributed by atoms with Crippen molar-refractivity contribution >= 4 is 93.2 Å². The van der Waals surface area contributed by atoms with Crippen molar-refractivity contribution in [1.82, 2.24) is 30.8 Å². The summed E-state index contributed by atoms with van der Waals surface area (Å²) in [5, 5.41) is 39.2. The van der Waals surface area contributed by atoms with Gasteiger partial charge in [-0.15, -0.1) is 40.4 Å². The number of thiazole rings is 1. The number of nitrogens with zero attached hydrogens (tertiary/aromatic N) is 6. The number of aromatic nitrogens is 1. The molecule has 5 heterocycles. The van der Waals surface area contributed by atoms with E-state index in [9.17, 15) is 48.9 Å². The summed E-state index contributed by atoms with van der Waals surface area (Å²) in [6.45, 7) is 3.89. The highest BCUT2D eigenvalue weighted by Gasteiger charge is 2.54. The molecule has 4 aliphatic rings. The minimum atomic E-state index is -1.92. The van der Waals surface area contributed by atoms with Gasteiger partial charge in [0.25, 0.3) is 11.8 Å². The number of fused-ring (bicyclic) bond motifs is 2. The largest absolute Gasteiger partial charge is 0.478 e. The predicted octanol–water partition coefficient (Wildman–Crippen LogP) is 1.42. The Labute approximate surface area is 332 Å². The Morgan fingerprint density at radius 1 is 1.12 bits per heavy atom. The molecule has 1 aromatic carbocycles. The van der Waals surface area contributed by atoms with Crippen LogP contribution in [0.4, 0.5) is 9.93 Å². The number of nitrogen functional groups attached to an aromatic ring is 1. The number of esters is 2. The Balaban J connectivity index is 1.20. The third kappa shape index (κ3) is 8.54. The van der Waals surface area contributed by atoms with E-state index in [2.05, 4.69) is 26.0 Å². The lowest BCUT2D eigenvalue weighted by Gasteiger charge is -2.49. The van der Waals surface area contributed by atoms with E-state index in [1.54, 1.807) is 13.0 Å². The van der Waals surface area contributed by atoms with Gasteiger partial charge in [0.15, 0.2) is 28.2 Å². The van der Waals surface area contributed by atoms with E-state index in [1.807, 2.05) is 0 Å². The number of carboxylic acids is 2. The van der Waals surface area contributed by atoms with Crippen LogP contribution in [-0.4, -0.2) is 111 Å². The quantitative estimate of drug-likeness (QED) is 0.0546. The number of aliphatic imine (C=N–C) groups is 1. The molecule has 3 atom stereocenters. The number of amides is 3. The van der Waals surface area contributed by atoms with E-state index in [4.69, 9.17) is 20.0 Å². The first-order valence-electron chi connectivity index (χ1n) is 16.1. The predicted molar refractivity (Wildman–Crippen MR) is 200 cm³/mol. The van der Waals surface area contributed by atoms with Crippen LogP contribution in [0.1, 0.15) is 38.1 Å². The van der Waals surface area contributed by atoms with Crippen molar-refractivity contribution in [1.29, 1.82) is 0 Å². The van der Waals surface area contributed by atoms with Gasteiger partial charge >= 0.3 is 30.0 Å². The van der Waals surface area contributed by atoms with Gasteiger partial charge in [0.05, 0.1) is 11.2 Å². The van der Waals surface area contributed by atoms with Crippen molar-refractivity contribution in [2.24, 2.45) is 10.1 Å². The molecule has 0 saturated carbocycles. The van der Waals surface area contributed by atoms with Crippen LogP contribution in [0.15, 0.2) is 68.1 Å². The van der Waals surface area contributed by atoms with E-state index < -0.39 is 65.0 Å². The molecular formula is C32H29N9O13S3. The Hall–Kier alpha value is -6.44. The molecule has 7 N–H and O–H groups in total. The monoisotopic (exact) mass is 843 g/mol. The Morgan fingerprint density at radius 3 is 2.47 bits per heavy atom. The van der Waals surface area contributed by atoms with Crippen LogP contribution in [0.2, 0.25) is 0 Å². The van der Waals surface area contributed by atoms with Gasteiger partial charge in [0.1, 0.15) is 22.8 Å². The van der Waals surface area contributed by atoms with Crippen molar-refractivity contribution in [2.75, 3.05) is 17.2 Å². The minimum absolute atomic E-state index is 0.0149. The van der Waals surface area contributed by atoms with Crippen LogP contribution in [0, 0.1) is 0 Å². The van der Waals surface area contributed by atoms with E-state index in [1.165, 1.54) is 52.2 Å². The standard InChI is InChI=1S/C32H29N9O13S3/c1-12-6-21(41-20(34-12)8-39(38-41)32(50)51)55-9-16-10-56-28-23(27(45)40(28)24(16)29(46)47)36-26(44)22(17-11-57-31(33)35-17)37-54-25(30(48)49)15-4-5-18(52-13(2)42)19(7-15)53-14(3)43/h4-8,11,23,25,28,38H,9-10H2,1-3H3,(H2,33,35)(H,36,44)(H,46,47)(H,48,49)(H,50,51)/b37-22-/t23-,25?,28-/m1/s1. The molecule has 4 aliphatic heterocycles. The maximum absolute atomic E-state index is 13.7. The molecule has 57 heavy (non-hydrogen) atoms. The number of hydrogen-bond donors (Lipinski definition) is 6. The number of carbonyl (C=O) groups excluding carboxylic acids is 4. The number of hydrazine groups is 2. The zero-order valence-electron chi connectivity index (χ0n) is 29.5. The average Bonchev–Trinajstić information content (AvgIpc) is 3.77. The molecule has 1 aromatic heterocycles. The fourth-order valence-electron chi connectivity index (χ4n) is 5.54. The van der Waals surface area contributed by atoms with Gasteiger partial charge in [0, 0.05) is 42.0 Å². The summed E-state index contributed by atoms with van der Waals surface area (Å²) < 4.78 is 10.1. The molecule has 22 nitrogen and oxygen atoms in total. The molecule has 1 unspecified atom stereocenters. The van der Waals surface area contributed by atoms with E-state index >= 15 is 0 Å². The summed E-state index contributed by atoms with van der Waals surface area (Å²) in [6.07, 6.45) is -0.232. The molecule has 0 radical (unpaired) electrons. The molecule has 0 spiro atoms. The van der Waals surface area contributed by atoms with Gasteiger partial charge in [-0.1, -0.05) is 11.2 Å². The van der Waals surface area contributed by atoms with Crippen molar-refractivity contribution in [2.45, 2.75) is 38.3 Å². The number of thioether (sulfide) groups is 2. The van der Waals surface area contributed by atoms with Gasteiger partial charge < -0.3 is 40.7 Å². The number of benzene rings is 1. The number of carboxylic acid groups (broad SMARTS) is 3. The second-order valence-corrected chi connectivity index (χ2v) is 14.9. The molecule has 2 aromatic rings. The highest BCUT2D eigenvalue weighted by molar-refractivity contribution is 8.03.